The fraction of sp³-hybridized carbons (Fsp3) is 0.381. The van der Waals surface area contributed by atoms with Crippen molar-refractivity contribution in [2.24, 2.45) is 0 Å². The molecule has 1 aliphatic rings. The number of hydrogen-bond donors (Lipinski definition) is 0. The molecule has 0 fully saturated rings. The summed E-state index contributed by atoms with van der Waals surface area (Å²) < 4.78 is 25.8. The first-order chi connectivity index (χ1) is 12.8. The third kappa shape index (κ3) is 4.57. The number of rotatable bonds is 6. The number of sulfonamides is 1. The highest BCUT2D eigenvalue weighted by Crippen LogP contribution is 2.32. The number of aryl methyl sites for hydroxylation is 1. The van der Waals surface area contributed by atoms with Gasteiger partial charge >= 0.3 is 0 Å². The van der Waals surface area contributed by atoms with Crippen LogP contribution in [0.1, 0.15) is 30.0 Å². The SMILES string of the molecule is Cc1cccc(CN(CCC(=O)N2c3ccccc3CC2C)S(C)(=O)=O)c1. The lowest BCUT2D eigenvalue weighted by Crippen LogP contribution is -2.39. The van der Waals surface area contributed by atoms with Crippen molar-refractivity contribution < 1.29 is 13.2 Å². The molecule has 0 spiro atoms. The summed E-state index contributed by atoms with van der Waals surface area (Å²) in [5, 5.41) is 0. The number of carbonyl (C=O) groups excluding carboxylic acids is 1. The predicted octanol–water partition coefficient (Wildman–Crippen LogP) is 3.12. The van der Waals surface area contributed by atoms with Crippen LogP contribution in [0.15, 0.2) is 48.5 Å². The van der Waals surface area contributed by atoms with Gasteiger partial charge in [0.05, 0.1) is 6.26 Å². The molecule has 1 amide bonds. The molecule has 0 radical (unpaired) electrons. The smallest absolute Gasteiger partial charge is 0.228 e. The summed E-state index contributed by atoms with van der Waals surface area (Å²) in [5.74, 6) is -0.0367. The fourth-order valence-electron chi connectivity index (χ4n) is 3.66. The molecule has 3 rings (SSSR count). The lowest BCUT2D eigenvalue weighted by atomic mass is 10.1. The summed E-state index contributed by atoms with van der Waals surface area (Å²) in [6.07, 6.45) is 2.19. The van der Waals surface area contributed by atoms with Crippen LogP contribution in [0.5, 0.6) is 0 Å². The number of carbonyl (C=O) groups is 1. The van der Waals surface area contributed by atoms with Crippen LogP contribution in [0.2, 0.25) is 0 Å². The molecule has 0 aliphatic carbocycles. The number of nitrogens with zero attached hydrogens (tertiary/aromatic N) is 2. The molecule has 0 saturated carbocycles. The van der Waals surface area contributed by atoms with Gasteiger partial charge in [0.25, 0.3) is 0 Å². The molecule has 27 heavy (non-hydrogen) atoms. The molecule has 1 unspecified atom stereocenters. The van der Waals surface area contributed by atoms with Crippen molar-refractivity contribution in [3.8, 4) is 0 Å². The predicted molar refractivity (Wildman–Crippen MR) is 108 cm³/mol. The Kier molecular flexibility index (Phi) is 5.67. The molecule has 0 saturated heterocycles. The lowest BCUT2D eigenvalue weighted by Gasteiger charge is -2.25. The van der Waals surface area contributed by atoms with E-state index in [4.69, 9.17) is 0 Å². The van der Waals surface area contributed by atoms with Gasteiger partial charge in [-0.25, -0.2) is 8.42 Å². The zero-order valence-corrected chi connectivity index (χ0v) is 16.9. The van der Waals surface area contributed by atoms with Crippen LogP contribution in [-0.4, -0.2) is 37.5 Å². The number of para-hydroxylation sites is 1. The van der Waals surface area contributed by atoms with Gasteiger partial charge in [-0.05, 0) is 37.5 Å². The number of amides is 1. The van der Waals surface area contributed by atoms with Gasteiger partial charge in [-0.2, -0.15) is 4.31 Å². The molecule has 144 valence electrons. The summed E-state index contributed by atoms with van der Waals surface area (Å²) >= 11 is 0. The quantitative estimate of drug-likeness (QED) is 0.766. The largest absolute Gasteiger partial charge is 0.309 e. The molecule has 5 nitrogen and oxygen atoms in total. The second-order valence-corrected chi connectivity index (χ2v) is 9.26. The van der Waals surface area contributed by atoms with Gasteiger partial charge in [0.2, 0.25) is 15.9 Å². The first kappa shape index (κ1) is 19.6. The van der Waals surface area contributed by atoms with E-state index in [1.165, 1.54) is 10.6 Å². The van der Waals surface area contributed by atoms with E-state index in [-0.39, 0.29) is 31.5 Å². The van der Waals surface area contributed by atoms with E-state index in [0.717, 1.165) is 28.8 Å². The van der Waals surface area contributed by atoms with Gasteiger partial charge < -0.3 is 4.90 Å². The Morgan fingerprint density at radius 1 is 1.19 bits per heavy atom. The first-order valence-electron chi connectivity index (χ1n) is 9.16. The minimum atomic E-state index is -3.41. The summed E-state index contributed by atoms with van der Waals surface area (Å²) in [4.78, 5) is 14.7. The second-order valence-electron chi connectivity index (χ2n) is 7.28. The Morgan fingerprint density at radius 3 is 2.63 bits per heavy atom. The maximum atomic E-state index is 12.9. The Labute approximate surface area is 161 Å². The van der Waals surface area contributed by atoms with Crippen molar-refractivity contribution in [2.45, 2.75) is 39.3 Å². The maximum absolute atomic E-state index is 12.9. The third-order valence-electron chi connectivity index (χ3n) is 4.96. The Hall–Kier alpha value is -2.18. The van der Waals surface area contributed by atoms with Gasteiger partial charge in [-0.3, -0.25) is 4.79 Å². The van der Waals surface area contributed by atoms with Crippen molar-refractivity contribution in [1.29, 1.82) is 0 Å². The molecule has 6 heteroatoms. The summed E-state index contributed by atoms with van der Waals surface area (Å²) in [6.45, 7) is 4.46. The van der Waals surface area contributed by atoms with Crippen LogP contribution in [-0.2, 0) is 27.8 Å². The highest BCUT2D eigenvalue weighted by molar-refractivity contribution is 7.88. The van der Waals surface area contributed by atoms with Crippen LogP contribution < -0.4 is 4.90 Å². The molecule has 2 aromatic rings. The second kappa shape index (κ2) is 7.82. The summed E-state index contributed by atoms with van der Waals surface area (Å²) in [6, 6.07) is 15.8. The molecule has 1 aliphatic heterocycles. The third-order valence-corrected chi connectivity index (χ3v) is 6.21. The van der Waals surface area contributed by atoms with E-state index in [0.29, 0.717) is 0 Å². The lowest BCUT2D eigenvalue weighted by molar-refractivity contribution is -0.119. The van der Waals surface area contributed by atoms with Crippen molar-refractivity contribution in [3.05, 3.63) is 65.2 Å². The van der Waals surface area contributed by atoms with Crippen LogP contribution in [0, 0.1) is 6.92 Å². The average Bonchev–Trinajstić information content (AvgIpc) is 2.93. The average molecular weight is 387 g/mol. The van der Waals surface area contributed by atoms with Crippen LogP contribution in [0.3, 0.4) is 0 Å². The maximum Gasteiger partial charge on any atom is 0.228 e. The van der Waals surface area contributed by atoms with E-state index >= 15 is 0 Å². The molecule has 0 bridgehead atoms. The molecule has 2 aromatic carbocycles. The van der Waals surface area contributed by atoms with Gasteiger partial charge in [0.1, 0.15) is 0 Å². The molecule has 1 atom stereocenters. The summed E-state index contributed by atoms with van der Waals surface area (Å²) in [5.41, 5.74) is 4.12. The molecule has 0 N–H and O–H groups in total. The minimum absolute atomic E-state index is 0.0367. The normalized spacial score (nSPS) is 16.6. The van der Waals surface area contributed by atoms with Crippen LogP contribution in [0.25, 0.3) is 0 Å². The van der Waals surface area contributed by atoms with Crippen LogP contribution >= 0.6 is 0 Å². The van der Waals surface area contributed by atoms with Gasteiger partial charge in [0.15, 0.2) is 0 Å². The Balaban J connectivity index is 1.71. The van der Waals surface area contributed by atoms with E-state index < -0.39 is 10.0 Å². The zero-order valence-electron chi connectivity index (χ0n) is 16.1. The number of fused-ring (bicyclic) bond motifs is 1. The van der Waals surface area contributed by atoms with Gasteiger partial charge in [0, 0.05) is 31.2 Å². The highest BCUT2D eigenvalue weighted by Gasteiger charge is 2.31. The number of benzene rings is 2. The Bertz CT molecular complexity index is 940. The van der Waals surface area contributed by atoms with Crippen molar-refractivity contribution in [3.63, 3.8) is 0 Å². The summed E-state index contributed by atoms with van der Waals surface area (Å²) in [7, 11) is -3.41. The number of anilines is 1. The van der Waals surface area contributed by atoms with Crippen molar-refractivity contribution >= 4 is 21.6 Å². The Morgan fingerprint density at radius 2 is 1.93 bits per heavy atom. The minimum Gasteiger partial charge on any atom is -0.309 e. The van der Waals surface area contributed by atoms with E-state index in [1.807, 2.05) is 67.3 Å². The molecule has 0 aromatic heterocycles. The van der Waals surface area contributed by atoms with Gasteiger partial charge in [-0.1, -0.05) is 48.0 Å². The van der Waals surface area contributed by atoms with E-state index in [1.54, 1.807) is 0 Å². The monoisotopic (exact) mass is 386 g/mol. The topological polar surface area (TPSA) is 57.7 Å². The van der Waals surface area contributed by atoms with E-state index in [2.05, 4.69) is 0 Å². The molecular weight excluding hydrogens is 360 g/mol. The molecule has 1 heterocycles. The zero-order chi connectivity index (χ0) is 19.6. The van der Waals surface area contributed by atoms with E-state index in [9.17, 15) is 13.2 Å². The molecular formula is C21H26N2O3S. The van der Waals surface area contributed by atoms with Crippen molar-refractivity contribution in [1.82, 2.24) is 4.31 Å². The highest BCUT2D eigenvalue weighted by atomic mass is 32.2. The van der Waals surface area contributed by atoms with Crippen molar-refractivity contribution in [2.75, 3.05) is 17.7 Å². The van der Waals surface area contributed by atoms with Crippen LogP contribution in [0.4, 0.5) is 5.69 Å². The van der Waals surface area contributed by atoms with Gasteiger partial charge in [-0.15, -0.1) is 0 Å². The first-order valence-corrected chi connectivity index (χ1v) is 11.0. The number of hydrogen-bond acceptors (Lipinski definition) is 3. The standard InChI is InChI=1S/C21H26N2O3S/c1-16-7-6-8-18(13-16)15-22(27(3,25)26)12-11-21(24)23-17(2)14-19-9-4-5-10-20(19)23/h4-10,13,17H,11-12,14-15H2,1-3H3. The fourth-order valence-corrected chi connectivity index (χ4v) is 4.47.